The van der Waals surface area contributed by atoms with E-state index < -0.39 is 0 Å². The lowest BCUT2D eigenvalue weighted by Crippen LogP contribution is -2.38. The summed E-state index contributed by atoms with van der Waals surface area (Å²) in [6.45, 7) is 2.22. The van der Waals surface area contributed by atoms with Crippen molar-refractivity contribution in [2.45, 2.75) is 19.5 Å². The third kappa shape index (κ3) is 5.23. The van der Waals surface area contributed by atoms with Gasteiger partial charge in [0.1, 0.15) is 0 Å². The normalized spacial score (nSPS) is 16.6. The molecule has 1 atom stereocenters. The number of amides is 3. The molecule has 3 amide bonds. The van der Waals surface area contributed by atoms with Crippen molar-refractivity contribution in [3.63, 3.8) is 0 Å². The molecule has 1 aliphatic rings. The SMILES string of the molecule is O=C(NCc1ccc(Cl)cc1)NCC1CC(=O)N(Cc2ccccc2)C1. The maximum Gasteiger partial charge on any atom is 0.315 e. The number of carbonyl (C=O) groups is 2. The van der Waals surface area contributed by atoms with Crippen molar-refractivity contribution in [2.24, 2.45) is 5.92 Å². The van der Waals surface area contributed by atoms with Crippen molar-refractivity contribution < 1.29 is 9.59 Å². The van der Waals surface area contributed by atoms with Crippen LogP contribution in [0.3, 0.4) is 0 Å². The lowest BCUT2D eigenvalue weighted by atomic mass is 10.1. The summed E-state index contributed by atoms with van der Waals surface area (Å²) >= 11 is 5.84. The zero-order valence-corrected chi connectivity index (χ0v) is 15.2. The minimum atomic E-state index is -0.228. The van der Waals surface area contributed by atoms with E-state index in [0.29, 0.717) is 37.6 Å². The first-order valence-corrected chi connectivity index (χ1v) is 9.06. The highest BCUT2D eigenvalue weighted by Crippen LogP contribution is 2.19. The highest BCUT2D eigenvalue weighted by Gasteiger charge is 2.29. The average molecular weight is 372 g/mol. The largest absolute Gasteiger partial charge is 0.338 e. The summed E-state index contributed by atoms with van der Waals surface area (Å²) in [5.41, 5.74) is 2.10. The summed E-state index contributed by atoms with van der Waals surface area (Å²) in [5.74, 6) is 0.287. The lowest BCUT2D eigenvalue weighted by molar-refractivity contribution is -0.128. The van der Waals surface area contributed by atoms with E-state index in [-0.39, 0.29) is 17.9 Å². The van der Waals surface area contributed by atoms with Gasteiger partial charge in [-0.1, -0.05) is 54.1 Å². The number of benzene rings is 2. The van der Waals surface area contributed by atoms with Crippen LogP contribution in [0, 0.1) is 5.92 Å². The van der Waals surface area contributed by atoms with Crippen LogP contribution < -0.4 is 10.6 Å². The Hall–Kier alpha value is -2.53. The van der Waals surface area contributed by atoms with Crippen LogP contribution in [-0.2, 0) is 17.9 Å². The predicted molar refractivity (Wildman–Crippen MR) is 102 cm³/mol. The summed E-state index contributed by atoms with van der Waals surface area (Å²) < 4.78 is 0. The van der Waals surface area contributed by atoms with Gasteiger partial charge in [0.15, 0.2) is 0 Å². The Morgan fingerprint density at radius 2 is 1.77 bits per heavy atom. The number of nitrogens with zero attached hydrogens (tertiary/aromatic N) is 1. The van der Waals surface area contributed by atoms with E-state index in [1.54, 1.807) is 12.1 Å². The van der Waals surface area contributed by atoms with Crippen LogP contribution in [0.4, 0.5) is 4.79 Å². The van der Waals surface area contributed by atoms with Crippen LogP contribution in [0.2, 0.25) is 5.02 Å². The molecule has 1 unspecified atom stereocenters. The summed E-state index contributed by atoms with van der Waals surface area (Å²) in [6.07, 6.45) is 0.476. The lowest BCUT2D eigenvalue weighted by Gasteiger charge is -2.17. The number of hydrogen-bond acceptors (Lipinski definition) is 2. The summed E-state index contributed by atoms with van der Waals surface area (Å²) in [4.78, 5) is 26.0. The molecule has 26 heavy (non-hydrogen) atoms. The zero-order valence-electron chi connectivity index (χ0n) is 14.5. The van der Waals surface area contributed by atoms with Crippen molar-refractivity contribution in [2.75, 3.05) is 13.1 Å². The number of urea groups is 1. The molecule has 136 valence electrons. The topological polar surface area (TPSA) is 61.4 Å². The van der Waals surface area contributed by atoms with Crippen LogP contribution in [0.25, 0.3) is 0 Å². The van der Waals surface area contributed by atoms with Crippen molar-refractivity contribution >= 4 is 23.5 Å². The Balaban J connectivity index is 1.40. The number of carbonyl (C=O) groups excluding carboxylic acids is 2. The third-order valence-corrected chi connectivity index (χ3v) is 4.68. The van der Waals surface area contributed by atoms with Gasteiger partial charge in [-0.15, -0.1) is 0 Å². The van der Waals surface area contributed by atoms with E-state index >= 15 is 0 Å². The van der Waals surface area contributed by atoms with E-state index in [2.05, 4.69) is 10.6 Å². The van der Waals surface area contributed by atoms with Gasteiger partial charge < -0.3 is 15.5 Å². The van der Waals surface area contributed by atoms with Gasteiger partial charge in [-0.2, -0.15) is 0 Å². The van der Waals surface area contributed by atoms with E-state index in [4.69, 9.17) is 11.6 Å². The number of nitrogens with one attached hydrogen (secondary N) is 2. The number of halogens is 1. The van der Waals surface area contributed by atoms with E-state index in [0.717, 1.165) is 11.1 Å². The molecule has 1 aliphatic heterocycles. The molecular formula is C20H22ClN3O2. The monoisotopic (exact) mass is 371 g/mol. The number of hydrogen-bond donors (Lipinski definition) is 2. The fraction of sp³-hybridized carbons (Fsp3) is 0.300. The maximum absolute atomic E-state index is 12.2. The fourth-order valence-corrected chi connectivity index (χ4v) is 3.16. The number of likely N-dealkylation sites (tertiary alicyclic amines) is 1. The van der Waals surface area contributed by atoms with Gasteiger partial charge in [0, 0.05) is 43.5 Å². The summed E-state index contributed by atoms with van der Waals surface area (Å²) in [5, 5.41) is 6.34. The molecule has 0 radical (unpaired) electrons. The maximum atomic E-state index is 12.2. The first kappa shape index (κ1) is 18.3. The van der Waals surface area contributed by atoms with Crippen molar-refractivity contribution in [1.29, 1.82) is 0 Å². The molecule has 2 aromatic rings. The highest BCUT2D eigenvalue weighted by atomic mass is 35.5. The van der Waals surface area contributed by atoms with Gasteiger partial charge in [-0.3, -0.25) is 4.79 Å². The molecule has 3 rings (SSSR count). The fourth-order valence-electron chi connectivity index (χ4n) is 3.03. The number of rotatable bonds is 6. The second kappa shape index (κ2) is 8.72. The molecule has 2 N–H and O–H groups in total. The van der Waals surface area contributed by atoms with Gasteiger partial charge in [0.05, 0.1) is 0 Å². The van der Waals surface area contributed by atoms with E-state index in [1.165, 1.54) is 0 Å². The standard InChI is InChI=1S/C20H22ClN3O2/c21-18-8-6-15(7-9-18)11-22-20(26)23-12-17-10-19(25)24(14-17)13-16-4-2-1-3-5-16/h1-9,17H,10-14H2,(H2,22,23,26). The Bertz CT molecular complexity index is 749. The Morgan fingerprint density at radius 1 is 1.04 bits per heavy atom. The average Bonchev–Trinajstić information content (AvgIpc) is 3.00. The molecular weight excluding hydrogens is 350 g/mol. The summed E-state index contributed by atoms with van der Waals surface area (Å²) in [7, 11) is 0. The van der Waals surface area contributed by atoms with Crippen molar-refractivity contribution in [3.05, 3.63) is 70.7 Å². The molecule has 1 fully saturated rings. The molecule has 0 saturated carbocycles. The second-order valence-corrected chi connectivity index (χ2v) is 6.96. The molecule has 0 bridgehead atoms. The molecule has 2 aromatic carbocycles. The third-order valence-electron chi connectivity index (χ3n) is 4.43. The first-order chi connectivity index (χ1) is 12.6. The Labute approximate surface area is 158 Å². The van der Waals surface area contributed by atoms with Crippen LogP contribution in [-0.4, -0.2) is 29.9 Å². The predicted octanol–water partition coefficient (Wildman–Crippen LogP) is 3.19. The minimum absolute atomic E-state index is 0.141. The molecule has 1 saturated heterocycles. The zero-order chi connectivity index (χ0) is 18.4. The minimum Gasteiger partial charge on any atom is -0.338 e. The van der Waals surface area contributed by atoms with Gasteiger partial charge in [0.25, 0.3) is 0 Å². The van der Waals surface area contributed by atoms with Crippen molar-refractivity contribution in [1.82, 2.24) is 15.5 Å². The Morgan fingerprint density at radius 3 is 2.50 bits per heavy atom. The van der Waals surface area contributed by atoms with E-state index in [9.17, 15) is 9.59 Å². The molecule has 5 nitrogen and oxygen atoms in total. The van der Waals surface area contributed by atoms with E-state index in [1.807, 2.05) is 47.4 Å². The van der Waals surface area contributed by atoms with Gasteiger partial charge >= 0.3 is 6.03 Å². The Kier molecular flexibility index (Phi) is 6.12. The molecule has 0 spiro atoms. The first-order valence-electron chi connectivity index (χ1n) is 8.68. The van der Waals surface area contributed by atoms with Gasteiger partial charge in [-0.25, -0.2) is 4.79 Å². The second-order valence-electron chi connectivity index (χ2n) is 6.52. The van der Waals surface area contributed by atoms with Crippen LogP contribution in [0.5, 0.6) is 0 Å². The quantitative estimate of drug-likeness (QED) is 0.819. The molecule has 0 aliphatic carbocycles. The van der Waals surface area contributed by atoms with Crippen LogP contribution in [0.1, 0.15) is 17.5 Å². The van der Waals surface area contributed by atoms with Crippen molar-refractivity contribution in [3.8, 4) is 0 Å². The van der Waals surface area contributed by atoms with Gasteiger partial charge in [0.2, 0.25) is 5.91 Å². The smallest absolute Gasteiger partial charge is 0.315 e. The highest BCUT2D eigenvalue weighted by molar-refractivity contribution is 6.30. The molecule has 6 heteroatoms. The van der Waals surface area contributed by atoms with Crippen LogP contribution >= 0.6 is 11.6 Å². The molecule has 0 aromatic heterocycles. The summed E-state index contributed by atoms with van der Waals surface area (Å²) in [6, 6.07) is 17.0. The molecule has 1 heterocycles. The van der Waals surface area contributed by atoms with Gasteiger partial charge in [-0.05, 0) is 23.3 Å². The van der Waals surface area contributed by atoms with Crippen LogP contribution in [0.15, 0.2) is 54.6 Å².